The highest BCUT2D eigenvalue weighted by Gasteiger charge is 2.23. The number of nitrogens with zero attached hydrogens (tertiary/aromatic N) is 2. The minimum atomic E-state index is 0.246. The number of rotatable bonds is 5. The lowest BCUT2D eigenvalue weighted by atomic mass is 9.97. The molecule has 5 heteroatoms. The second kappa shape index (κ2) is 6.14. The fraction of sp³-hybridized carbons (Fsp3) is 0.750. The first-order valence-electron chi connectivity index (χ1n) is 6.35. The lowest BCUT2D eigenvalue weighted by Crippen LogP contribution is -2.46. The lowest BCUT2D eigenvalue weighted by Gasteiger charge is -2.29. The van der Waals surface area contributed by atoms with Crippen molar-refractivity contribution in [1.29, 1.82) is 0 Å². The Balaban J connectivity index is 1.82. The van der Waals surface area contributed by atoms with E-state index in [9.17, 15) is 0 Å². The van der Waals surface area contributed by atoms with Gasteiger partial charge >= 0.3 is 0 Å². The third kappa shape index (κ3) is 3.52. The van der Waals surface area contributed by atoms with Crippen LogP contribution in [0.5, 0.6) is 0 Å². The molecule has 1 aromatic rings. The Morgan fingerprint density at radius 2 is 2.53 bits per heavy atom. The summed E-state index contributed by atoms with van der Waals surface area (Å²) in [5, 5.41) is 4.17. The third-order valence-corrected chi connectivity index (χ3v) is 3.38. The number of hydrazine groups is 1. The van der Waals surface area contributed by atoms with E-state index in [2.05, 4.69) is 16.7 Å². The maximum absolute atomic E-state index is 5.76. The summed E-state index contributed by atoms with van der Waals surface area (Å²) >= 11 is 0. The molecular weight excluding hydrogens is 216 g/mol. The minimum Gasteiger partial charge on any atom is -0.377 e. The summed E-state index contributed by atoms with van der Waals surface area (Å²) in [5.74, 6) is 5.62. The molecule has 0 bridgehead atoms. The van der Waals surface area contributed by atoms with Crippen molar-refractivity contribution in [3.63, 3.8) is 0 Å². The summed E-state index contributed by atoms with van der Waals surface area (Å²) < 4.78 is 7.59. The molecule has 0 radical (unpaired) electrons. The maximum atomic E-state index is 5.76. The van der Waals surface area contributed by atoms with Crippen LogP contribution in [0.25, 0.3) is 0 Å². The molecule has 2 rings (SSSR count). The second-order valence-corrected chi connectivity index (χ2v) is 4.74. The second-order valence-electron chi connectivity index (χ2n) is 4.74. The van der Waals surface area contributed by atoms with Crippen molar-refractivity contribution in [3.8, 4) is 0 Å². The van der Waals surface area contributed by atoms with Crippen LogP contribution in [0.4, 0.5) is 0 Å². The first-order chi connectivity index (χ1) is 8.29. The van der Waals surface area contributed by atoms with E-state index < -0.39 is 0 Å². The maximum Gasteiger partial charge on any atom is 0.0741 e. The Labute approximate surface area is 102 Å². The van der Waals surface area contributed by atoms with Crippen LogP contribution in [-0.2, 0) is 18.2 Å². The Morgan fingerprint density at radius 1 is 1.65 bits per heavy atom. The summed E-state index contributed by atoms with van der Waals surface area (Å²) in [6, 6.07) is 0.246. The molecule has 2 atom stereocenters. The van der Waals surface area contributed by atoms with Crippen LogP contribution >= 0.6 is 0 Å². The number of hydrogen-bond acceptors (Lipinski definition) is 4. The van der Waals surface area contributed by atoms with E-state index in [4.69, 9.17) is 10.6 Å². The molecule has 2 heterocycles. The predicted molar refractivity (Wildman–Crippen MR) is 66.2 cm³/mol. The van der Waals surface area contributed by atoms with Gasteiger partial charge in [0.25, 0.3) is 0 Å². The zero-order valence-electron chi connectivity index (χ0n) is 10.4. The number of aromatic nitrogens is 2. The topological polar surface area (TPSA) is 65.1 Å². The Kier molecular flexibility index (Phi) is 4.53. The van der Waals surface area contributed by atoms with Crippen LogP contribution < -0.4 is 11.3 Å². The molecule has 1 aromatic heterocycles. The van der Waals surface area contributed by atoms with Gasteiger partial charge in [0.1, 0.15) is 0 Å². The van der Waals surface area contributed by atoms with Crippen molar-refractivity contribution in [1.82, 2.24) is 15.2 Å². The number of nitrogens with one attached hydrogen (secondary N) is 1. The van der Waals surface area contributed by atoms with Gasteiger partial charge < -0.3 is 4.74 Å². The zero-order valence-corrected chi connectivity index (χ0v) is 10.4. The number of aryl methyl sites for hydroxylation is 2. The molecule has 17 heavy (non-hydrogen) atoms. The summed E-state index contributed by atoms with van der Waals surface area (Å²) in [6.07, 6.45) is 9.75. The quantitative estimate of drug-likeness (QED) is 0.587. The molecular formula is C12H22N4O. The van der Waals surface area contributed by atoms with E-state index >= 15 is 0 Å². The summed E-state index contributed by atoms with van der Waals surface area (Å²) in [7, 11) is 1.94. The average Bonchev–Trinajstić information content (AvgIpc) is 2.77. The largest absolute Gasteiger partial charge is 0.377 e. The van der Waals surface area contributed by atoms with Crippen molar-refractivity contribution in [2.45, 2.75) is 44.2 Å². The van der Waals surface area contributed by atoms with E-state index in [-0.39, 0.29) is 12.1 Å². The fourth-order valence-electron chi connectivity index (χ4n) is 2.38. The van der Waals surface area contributed by atoms with Crippen molar-refractivity contribution in [2.24, 2.45) is 12.9 Å². The van der Waals surface area contributed by atoms with Crippen molar-refractivity contribution < 1.29 is 4.74 Å². The number of hydrogen-bond donors (Lipinski definition) is 2. The summed E-state index contributed by atoms with van der Waals surface area (Å²) in [4.78, 5) is 0. The Bertz CT molecular complexity index is 333. The highest BCUT2D eigenvalue weighted by atomic mass is 16.5. The molecule has 5 nitrogen and oxygen atoms in total. The van der Waals surface area contributed by atoms with E-state index in [0.717, 1.165) is 25.9 Å². The fourth-order valence-corrected chi connectivity index (χ4v) is 2.38. The van der Waals surface area contributed by atoms with Crippen LogP contribution in [-0.4, -0.2) is 28.5 Å². The molecule has 0 amide bonds. The van der Waals surface area contributed by atoms with Gasteiger partial charge in [-0.3, -0.25) is 16.0 Å². The Hall–Kier alpha value is -0.910. The summed E-state index contributed by atoms with van der Waals surface area (Å²) in [5.41, 5.74) is 4.15. The molecule has 3 N–H and O–H groups in total. The average molecular weight is 238 g/mol. The molecule has 1 aliphatic rings. The van der Waals surface area contributed by atoms with E-state index in [0.29, 0.717) is 0 Å². The standard InChI is InChI=1S/C12H22N4O/c1-16-9-10(8-14-16)5-6-11(15-13)12-4-2-3-7-17-12/h8-9,11-12,15H,2-7,13H2,1H3. The van der Waals surface area contributed by atoms with Crippen molar-refractivity contribution in [2.75, 3.05) is 6.61 Å². The van der Waals surface area contributed by atoms with Gasteiger partial charge in [-0.25, -0.2) is 0 Å². The molecule has 1 saturated heterocycles. The van der Waals surface area contributed by atoms with Crippen molar-refractivity contribution in [3.05, 3.63) is 18.0 Å². The van der Waals surface area contributed by atoms with Crippen LogP contribution in [0.2, 0.25) is 0 Å². The van der Waals surface area contributed by atoms with Gasteiger partial charge in [-0.1, -0.05) is 0 Å². The first-order valence-corrected chi connectivity index (χ1v) is 6.35. The van der Waals surface area contributed by atoms with Crippen LogP contribution in [0.3, 0.4) is 0 Å². The molecule has 0 saturated carbocycles. The molecule has 2 unspecified atom stereocenters. The minimum absolute atomic E-state index is 0.246. The highest BCUT2D eigenvalue weighted by molar-refractivity contribution is 5.04. The molecule has 0 spiro atoms. The SMILES string of the molecule is Cn1cc(CCC(NN)C2CCCCO2)cn1. The van der Waals surface area contributed by atoms with Crippen LogP contribution in [0.15, 0.2) is 12.4 Å². The van der Waals surface area contributed by atoms with Gasteiger partial charge in [0.15, 0.2) is 0 Å². The van der Waals surface area contributed by atoms with Gasteiger partial charge in [-0.2, -0.15) is 5.10 Å². The lowest BCUT2D eigenvalue weighted by molar-refractivity contribution is -0.00920. The summed E-state index contributed by atoms with van der Waals surface area (Å²) in [6.45, 7) is 0.871. The van der Waals surface area contributed by atoms with E-state index in [1.165, 1.54) is 18.4 Å². The normalized spacial score (nSPS) is 22.6. The van der Waals surface area contributed by atoms with E-state index in [1.54, 1.807) is 0 Å². The Morgan fingerprint density at radius 3 is 3.12 bits per heavy atom. The smallest absolute Gasteiger partial charge is 0.0741 e. The van der Waals surface area contributed by atoms with Crippen molar-refractivity contribution >= 4 is 0 Å². The molecule has 1 aliphatic heterocycles. The molecule has 96 valence electrons. The van der Waals surface area contributed by atoms with Gasteiger partial charge in [0.05, 0.1) is 12.3 Å². The van der Waals surface area contributed by atoms with Gasteiger partial charge in [-0.05, 0) is 37.7 Å². The van der Waals surface area contributed by atoms with Gasteiger partial charge in [-0.15, -0.1) is 0 Å². The van der Waals surface area contributed by atoms with E-state index in [1.807, 2.05) is 17.9 Å². The number of nitrogens with two attached hydrogens (primary N) is 1. The highest BCUT2D eigenvalue weighted by Crippen LogP contribution is 2.18. The van der Waals surface area contributed by atoms with Crippen LogP contribution in [0.1, 0.15) is 31.2 Å². The number of ether oxygens (including phenoxy) is 1. The first kappa shape index (κ1) is 12.5. The van der Waals surface area contributed by atoms with Gasteiger partial charge in [0.2, 0.25) is 0 Å². The monoisotopic (exact) mass is 238 g/mol. The van der Waals surface area contributed by atoms with Crippen LogP contribution in [0, 0.1) is 0 Å². The third-order valence-electron chi connectivity index (χ3n) is 3.38. The van der Waals surface area contributed by atoms with Gasteiger partial charge in [0, 0.05) is 25.9 Å². The predicted octanol–water partition coefficient (Wildman–Crippen LogP) is 0.754. The zero-order chi connectivity index (χ0) is 12.1. The molecule has 0 aromatic carbocycles. The molecule has 1 fully saturated rings. The molecule has 0 aliphatic carbocycles.